The Morgan fingerprint density at radius 2 is 2.06 bits per heavy atom. The van der Waals surface area contributed by atoms with Gasteiger partial charge in [-0.3, -0.25) is 4.79 Å². The van der Waals surface area contributed by atoms with Crippen LogP contribution in [0.3, 0.4) is 0 Å². The van der Waals surface area contributed by atoms with Gasteiger partial charge in [-0.25, -0.2) is 0 Å². The van der Waals surface area contributed by atoms with Crippen molar-refractivity contribution in [1.29, 1.82) is 0 Å². The van der Waals surface area contributed by atoms with Crippen molar-refractivity contribution in [1.82, 2.24) is 5.32 Å². The van der Waals surface area contributed by atoms with Crippen LogP contribution in [0.25, 0.3) is 0 Å². The quantitative estimate of drug-likeness (QED) is 0.799. The zero-order valence-electron chi connectivity index (χ0n) is 10.9. The molecule has 18 heavy (non-hydrogen) atoms. The van der Waals surface area contributed by atoms with Gasteiger partial charge in [0.05, 0.1) is 0 Å². The number of hydrogen-bond acceptors (Lipinski definition) is 2. The second-order valence-corrected chi connectivity index (χ2v) is 6.72. The van der Waals surface area contributed by atoms with Crippen LogP contribution >= 0.6 is 15.9 Å². The fraction of sp³-hybridized carbons (Fsp3) is 0.500. The lowest BCUT2D eigenvalue weighted by Crippen LogP contribution is -2.68. The molecule has 2 heterocycles. The first-order valence-corrected chi connectivity index (χ1v) is 7.04. The molecular weight excluding hydrogens is 292 g/mol. The highest BCUT2D eigenvalue weighted by atomic mass is 79.9. The largest absolute Gasteiger partial charge is 0.347 e. The number of amides is 1. The van der Waals surface area contributed by atoms with Crippen molar-refractivity contribution in [3.63, 3.8) is 0 Å². The first-order valence-electron chi connectivity index (χ1n) is 6.25. The molecule has 96 valence electrons. The Hall–Kier alpha value is -1.03. The minimum absolute atomic E-state index is 0.109. The summed E-state index contributed by atoms with van der Waals surface area (Å²) in [5.74, 6) is 0.147. The lowest BCUT2D eigenvalue weighted by molar-refractivity contribution is -0.125. The zero-order chi connectivity index (χ0) is 13.1. The highest BCUT2D eigenvalue weighted by molar-refractivity contribution is 9.10. The Morgan fingerprint density at radius 3 is 2.78 bits per heavy atom. The first-order chi connectivity index (χ1) is 8.36. The van der Waals surface area contributed by atoms with E-state index in [-0.39, 0.29) is 17.0 Å². The molecule has 1 amide bonds. The van der Waals surface area contributed by atoms with E-state index in [0.29, 0.717) is 6.42 Å². The number of carbonyl (C=O) groups excluding carboxylic acids is 1. The average molecular weight is 309 g/mol. The summed E-state index contributed by atoms with van der Waals surface area (Å²) < 4.78 is 1.09. The monoisotopic (exact) mass is 308 g/mol. The van der Waals surface area contributed by atoms with Gasteiger partial charge in [0.2, 0.25) is 5.91 Å². The summed E-state index contributed by atoms with van der Waals surface area (Å²) in [4.78, 5) is 14.1. The maximum atomic E-state index is 11.8. The Balaban J connectivity index is 2.21. The molecule has 0 bridgehead atoms. The van der Waals surface area contributed by atoms with E-state index < -0.39 is 0 Å². The van der Waals surface area contributed by atoms with Crippen molar-refractivity contribution < 1.29 is 4.79 Å². The second-order valence-electron chi connectivity index (χ2n) is 5.81. The van der Waals surface area contributed by atoms with Crippen molar-refractivity contribution in [3.05, 3.63) is 28.2 Å². The summed E-state index contributed by atoms with van der Waals surface area (Å²) in [6.45, 7) is 7.31. The number of nitrogens with one attached hydrogen (secondary N) is 1. The second kappa shape index (κ2) is 3.50. The molecule has 1 aromatic rings. The standard InChI is InChI=1S/C14H17BrN2O/c1-13(2)10-8-9(15)4-5-11(10)17-7-6-12(18)16-14(13,17)3/h4-5,8H,6-7H2,1-3H3,(H,16,18)/t14-/m1/s1. The van der Waals surface area contributed by atoms with Gasteiger partial charge in [-0.1, -0.05) is 29.8 Å². The summed E-state index contributed by atoms with van der Waals surface area (Å²) in [7, 11) is 0. The molecule has 3 nitrogen and oxygen atoms in total. The lowest BCUT2D eigenvalue weighted by Gasteiger charge is -2.48. The van der Waals surface area contributed by atoms with Gasteiger partial charge >= 0.3 is 0 Å². The van der Waals surface area contributed by atoms with Crippen LogP contribution in [-0.4, -0.2) is 18.1 Å². The molecule has 0 aromatic heterocycles. The molecule has 1 fully saturated rings. The third-order valence-corrected chi connectivity index (χ3v) is 5.12. The van der Waals surface area contributed by atoms with E-state index in [9.17, 15) is 4.79 Å². The summed E-state index contributed by atoms with van der Waals surface area (Å²) in [6.07, 6.45) is 0.571. The number of fused-ring (bicyclic) bond motifs is 3. The summed E-state index contributed by atoms with van der Waals surface area (Å²) in [5.41, 5.74) is 2.10. The van der Waals surface area contributed by atoms with Crippen LogP contribution < -0.4 is 10.2 Å². The van der Waals surface area contributed by atoms with Crippen LogP contribution in [0, 0.1) is 0 Å². The van der Waals surface area contributed by atoms with Gasteiger partial charge in [-0.15, -0.1) is 0 Å². The Labute approximate surface area is 116 Å². The van der Waals surface area contributed by atoms with E-state index in [2.05, 4.69) is 65.1 Å². The van der Waals surface area contributed by atoms with E-state index in [0.717, 1.165) is 11.0 Å². The molecule has 4 heteroatoms. The third kappa shape index (κ3) is 1.32. The maximum absolute atomic E-state index is 11.8. The number of halogens is 1. The van der Waals surface area contributed by atoms with E-state index in [1.165, 1.54) is 11.3 Å². The number of hydrogen-bond donors (Lipinski definition) is 1. The van der Waals surface area contributed by atoms with Gasteiger partial charge < -0.3 is 10.2 Å². The van der Waals surface area contributed by atoms with Gasteiger partial charge in [-0.05, 0) is 30.7 Å². The number of rotatable bonds is 0. The minimum atomic E-state index is -0.328. The number of nitrogens with zero attached hydrogens (tertiary/aromatic N) is 1. The molecule has 1 atom stereocenters. The molecule has 1 N–H and O–H groups in total. The topological polar surface area (TPSA) is 32.3 Å². The van der Waals surface area contributed by atoms with Gasteiger partial charge in [0.25, 0.3) is 0 Å². The van der Waals surface area contributed by atoms with E-state index in [1.807, 2.05) is 0 Å². The van der Waals surface area contributed by atoms with Crippen molar-refractivity contribution in [3.8, 4) is 0 Å². The smallest absolute Gasteiger partial charge is 0.223 e. The molecule has 2 aliphatic rings. The van der Waals surface area contributed by atoms with Gasteiger partial charge in [0, 0.05) is 28.5 Å². The van der Waals surface area contributed by atoms with Crippen molar-refractivity contribution in [2.45, 2.75) is 38.3 Å². The highest BCUT2D eigenvalue weighted by Gasteiger charge is 2.56. The zero-order valence-corrected chi connectivity index (χ0v) is 12.5. The van der Waals surface area contributed by atoms with Crippen LogP contribution in [0.2, 0.25) is 0 Å². The Bertz CT molecular complexity index is 541. The van der Waals surface area contributed by atoms with E-state index in [1.54, 1.807) is 0 Å². The van der Waals surface area contributed by atoms with Crippen LogP contribution in [0.15, 0.2) is 22.7 Å². The fourth-order valence-corrected chi connectivity index (χ4v) is 3.56. The first kappa shape index (κ1) is 12.0. The normalized spacial score (nSPS) is 28.7. The number of carbonyl (C=O) groups is 1. The van der Waals surface area contributed by atoms with Crippen LogP contribution in [-0.2, 0) is 10.2 Å². The molecule has 0 radical (unpaired) electrons. The molecule has 1 aromatic carbocycles. The van der Waals surface area contributed by atoms with Crippen molar-refractivity contribution >= 4 is 27.5 Å². The SMILES string of the molecule is CC1(C)c2cc(Br)ccc2N2CCC(=O)N[C@]21C. The van der Waals surface area contributed by atoms with E-state index in [4.69, 9.17) is 0 Å². The molecule has 0 spiro atoms. The van der Waals surface area contributed by atoms with E-state index >= 15 is 0 Å². The molecule has 0 aliphatic carbocycles. The molecule has 3 rings (SSSR count). The summed E-state index contributed by atoms with van der Waals surface area (Å²) in [6, 6.07) is 6.38. The minimum Gasteiger partial charge on any atom is -0.347 e. The molecule has 1 saturated heterocycles. The summed E-state index contributed by atoms with van der Waals surface area (Å²) in [5, 5.41) is 3.18. The number of benzene rings is 1. The predicted octanol–water partition coefficient (Wildman–Crippen LogP) is 2.78. The Kier molecular flexibility index (Phi) is 2.34. The maximum Gasteiger partial charge on any atom is 0.223 e. The molecule has 2 aliphatic heterocycles. The van der Waals surface area contributed by atoms with Crippen molar-refractivity contribution in [2.75, 3.05) is 11.4 Å². The Morgan fingerprint density at radius 1 is 1.33 bits per heavy atom. The third-order valence-electron chi connectivity index (χ3n) is 4.62. The molecule has 0 unspecified atom stereocenters. The average Bonchev–Trinajstić information content (AvgIpc) is 2.45. The van der Waals surface area contributed by atoms with Gasteiger partial charge in [0.1, 0.15) is 5.66 Å². The highest BCUT2D eigenvalue weighted by Crippen LogP contribution is 2.51. The lowest BCUT2D eigenvalue weighted by atomic mass is 9.76. The van der Waals surface area contributed by atoms with Crippen LogP contribution in [0.4, 0.5) is 5.69 Å². The van der Waals surface area contributed by atoms with Crippen LogP contribution in [0.1, 0.15) is 32.8 Å². The van der Waals surface area contributed by atoms with Gasteiger partial charge in [0.15, 0.2) is 0 Å². The fourth-order valence-electron chi connectivity index (χ4n) is 3.20. The van der Waals surface area contributed by atoms with Crippen LogP contribution in [0.5, 0.6) is 0 Å². The molecular formula is C14H17BrN2O. The molecule has 0 saturated carbocycles. The predicted molar refractivity (Wildman–Crippen MR) is 75.7 cm³/mol. The van der Waals surface area contributed by atoms with Gasteiger partial charge in [-0.2, -0.15) is 0 Å². The number of anilines is 1. The summed E-state index contributed by atoms with van der Waals surface area (Å²) >= 11 is 3.54. The van der Waals surface area contributed by atoms with Crippen molar-refractivity contribution in [2.24, 2.45) is 0 Å².